The molecule has 0 unspecified atom stereocenters. The number of benzene rings is 1. The molecule has 0 aliphatic rings. The second-order valence-corrected chi connectivity index (χ2v) is 5.25. The Labute approximate surface area is 119 Å². The highest BCUT2D eigenvalue weighted by Gasteiger charge is 2.11. The summed E-state index contributed by atoms with van der Waals surface area (Å²) in [4.78, 5) is 0. The van der Waals surface area contributed by atoms with E-state index < -0.39 is 9.53 Å². The lowest BCUT2D eigenvalue weighted by Gasteiger charge is -2.12. The molecule has 1 aromatic carbocycles. The van der Waals surface area contributed by atoms with Crippen molar-refractivity contribution >= 4 is 9.53 Å². The Morgan fingerprint density at radius 1 is 0.895 bits per heavy atom. The standard InChI is InChI=1S/C8H11N.C6H16O3Si/c1-9-7-8-5-3-2-4-6-8;1-4-7-10(8-5-2)9-6-3/h2-6,9H,7H2,1H3;10H,4-6H2,1-3H3. The van der Waals surface area contributed by atoms with Crippen LogP contribution < -0.4 is 5.32 Å². The third-order valence-corrected chi connectivity index (χ3v) is 3.95. The minimum atomic E-state index is -1.73. The molecule has 0 saturated heterocycles. The quantitative estimate of drug-likeness (QED) is 0.744. The first-order valence-electron chi connectivity index (χ1n) is 6.81. The lowest BCUT2D eigenvalue weighted by atomic mass is 10.2. The van der Waals surface area contributed by atoms with E-state index in [9.17, 15) is 0 Å². The predicted octanol–water partition coefficient (Wildman–Crippen LogP) is 2.22. The van der Waals surface area contributed by atoms with Crippen LogP contribution in [0, 0.1) is 0 Å². The highest BCUT2D eigenvalue weighted by molar-refractivity contribution is 6.36. The zero-order valence-electron chi connectivity index (χ0n) is 12.5. The van der Waals surface area contributed by atoms with Gasteiger partial charge in [0.15, 0.2) is 0 Å². The third-order valence-electron chi connectivity index (χ3n) is 2.13. The maximum Gasteiger partial charge on any atom is 0.484 e. The molecule has 0 atom stereocenters. The van der Waals surface area contributed by atoms with Crippen LogP contribution in [-0.2, 0) is 19.8 Å². The van der Waals surface area contributed by atoms with Gasteiger partial charge in [0.2, 0.25) is 0 Å². The molecule has 0 amide bonds. The van der Waals surface area contributed by atoms with Gasteiger partial charge in [-0.15, -0.1) is 0 Å². The molecule has 0 aliphatic carbocycles. The summed E-state index contributed by atoms with van der Waals surface area (Å²) in [6.45, 7) is 8.82. The van der Waals surface area contributed by atoms with E-state index in [1.165, 1.54) is 5.56 Å². The van der Waals surface area contributed by atoms with Gasteiger partial charge in [0.25, 0.3) is 0 Å². The number of nitrogens with one attached hydrogen (secondary N) is 1. The van der Waals surface area contributed by atoms with Gasteiger partial charge in [-0.05, 0) is 33.4 Å². The van der Waals surface area contributed by atoms with Gasteiger partial charge in [-0.2, -0.15) is 0 Å². The van der Waals surface area contributed by atoms with Crippen LogP contribution >= 0.6 is 0 Å². The van der Waals surface area contributed by atoms with E-state index >= 15 is 0 Å². The molecular weight excluding hydrogens is 258 g/mol. The first-order valence-corrected chi connectivity index (χ1v) is 8.23. The van der Waals surface area contributed by atoms with Crippen molar-refractivity contribution in [1.29, 1.82) is 0 Å². The molecule has 0 radical (unpaired) electrons. The highest BCUT2D eigenvalue weighted by Crippen LogP contribution is 1.95. The molecule has 0 fully saturated rings. The molecule has 0 aromatic heterocycles. The molecule has 1 N–H and O–H groups in total. The normalized spacial score (nSPS) is 10.2. The van der Waals surface area contributed by atoms with Gasteiger partial charge < -0.3 is 18.6 Å². The van der Waals surface area contributed by atoms with Crippen LogP contribution in [0.2, 0.25) is 0 Å². The molecule has 0 spiro atoms. The van der Waals surface area contributed by atoms with Crippen LogP contribution in [0.4, 0.5) is 0 Å². The van der Waals surface area contributed by atoms with Gasteiger partial charge in [-0.1, -0.05) is 30.3 Å². The summed E-state index contributed by atoms with van der Waals surface area (Å²) in [6.07, 6.45) is 0. The zero-order valence-corrected chi connectivity index (χ0v) is 13.7. The lowest BCUT2D eigenvalue weighted by molar-refractivity contribution is 0.107. The van der Waals surface area contributed by atoms with Crippen LogP contribution in [-0.4, -0.2) is 36.4 Å². The second kappa shape index (κ2) is 13.7. The van der Waals surface area contributed by atoms with Crippen molar-refractivity contribution in [2.45, 2.75) is 27.3 Å². The summed E-state index contributed by atoms with van der Waals surface area (Å²) in [7, 11) is 0.218. The van der Waals surface area contributed by atoms with E-state index in [-0.39, 0.29) is 0 Å². The maximum absolute atomic E-state index is 5.22. The largest absolute Gasteiger partial charge is 0.484 e. The molecule has 5 heteroatoms. The van der Waals surface area contributed by atoms with Gasteiger partial charge in [0.1, 0.15) is 0 Å². The van der Waals surface area contributed by atoms with Crippen LogP contribution in [0.1, 0.15) is 26.3 Å². The molecule has 19 heavy (non-hydrogen) atoms. The SMILES string of the molecule is CCO[SiH](OCC)OCC.CNCc1ccccc1. The van der Waals surface area contributed by atoms with Crippen LogP contribution in [0.3, 0.4) is 0 Å². The molecule has 0 bridgehead atoms. The van der Waals surface area contributed by atoms with E-state index in [2.05, 4.69) is 17.4 Å². The topological polar surface area (TPSA) is 39.7 Å². The smallest absolute Gasteiger partial charge is 0.376 e. The number of hydrogen-bond donors (Lipinski definition) is 1. The van der Waals surface area contributed by atoms with Crippen LogP contribution in [0.5, 0.6) is 0 Å². The van der Waals surface area contributed by atoms with E-state index in [1.807, 2.05) is 46.0 Å². The van der Waals surface area contributed by atoms with Crippen molar-refractivity contribution in [3.8, 4) is 0 Å². The average Bonchev–Trinajstić information content (AvgIpc) is 2.42. The maximum atomic E-state index is 5.22. The van der Waals surface area contributed by atoms with Gasteiger partial charge in [0.05, 0.1) is 0 Å². The van der Waals surface area contributed by atoms with E-state index in [0.717, 1.165) is 6.54 Å². The molecule has 1 aromatic rings. The Morgan fingerprint density at radius 3 is 1.74 bits per heavy atom. The molecule has 110 valence electrons. The van der Waals surface area contributed by atoms with E-state index in [0.29, 0.717) is 19.8 Å². The van der Waals surface area contributed by atoms with Gasteiger partial charge in [-0.25, -0.2) is 0 Å². The summed E-state index contributed by atoms with van der Waals surface area (Å²) in [5.74, 6) is 0. The Hall–Kier alpha value is -0.723. The Kier molecular flexibility index (Phi) is 13.2. The molecule has 0 heterocycles. The van der Waals surface area contributed by atoms with Gasteiger partial charge in [0, 0.05) is 26.4 Å². The van der Waals surface area contributed by atoms with Crippen LogP contribution in [0.25, 0.3) is 0 Å². The fraction of sp³-hybridized carbons (Fsp3) is 0.571. The monoisotopic (exact) mass is 285 g/mol. The Balaban J connectivity index is 0.000000342. The Bertz CT molecular complexity index is 271. The average molecular weight is 285 g/mol. The zero-order chi connectivity index (χ0) is 14.3. The van der Waals surface area contributed by atoms with Crippen molar-refractivity contribution in [2.75, 3.05) is 26.9 Å². The van der Waals surface area contributed by atoms with E-state index in [4.69, 9.17) is 13.3 Å². The second-order valence-electron chi connectivity index (χ2n) is 3.67. The summed E-state index contributed by atoms with van der Waals surface area (Å²) in [5, 5.41) is 3.08. The minimum Gasteiger partial charge on any atom is -0.376 e. The van der Waals surface area contributed by atoms with Crippen molar-refractivity contribution in [1.82, 2.24) is 5.32 Å². The molecule has 1 rings (SSSR count). The third kappa shape index (κ3) is 10.9. The predicted molar refractivity (Wildman–Crippen MR) is 81.2 cm³/mol. The highest BCUT2D eigenvalue weighted by atomic mass is 28.3. The van der Waals surface area contributed by atoms with Crippen LogP contribution in [0.15, 0.2) is 30.3 Å². The number of rotatable bonds is 8. The first kappa shape index (κ1) is 18.3. The van der Waals surface area contributed by atoms with E-state index in [1.54, 1.807) is 0 Å². The van der Waals surface area contributed by atoms with Crippen molar-refractivity contribution in [3.63, 3.8) is 0 Å². The fourth-order valence-corrected chi connectivity index (χ4v) is 2.46. The molecule has 0 saturated carbocycles. The van der Waals surface area contributed by atoms with Crippen molar-refractivity contribution in [2.24, 2.45) is 0 Å². The summed E-state index contributed by atoms with van der Waals surface area (Å²) >= 11 is 0. The summed E-state index contributed by atoms with van der Waals surface area (Å²) in [5.41, 5.74) is 1.33. The summed E-state index contributed by atoms with van der Waals surface area (Å²) < 4.78 is 15.7. The molecule has 4 nitrogen and oxygen atoms in total. The van der Waals surface area contributed by atoms with Gasteiger partial charge >= 0.3 is 9.53 Å². The number of hydrogen-bond acceptors (Lipinski definition) is 4. The molecular formula is C14H27NO3Si. The summed E-state index contributed by atoms with van der Waals surface area (Å²) in [6, 6.07) is 10.3. The fourth-order valence-electron chi connectivity index (χ4n) is 1.35. The Morgan fingerprint density at radius 2 is 1.37 bits per heavy atom. The lowest BCUT2D eigenvalue weighted by Crippen LogP contribution is -2.27. The minimum absolute atomic E-state index is 0.677. The molecule has 0 aliphatic heterocycles. The van der Waals surface area contributed by atoms with Crippen molar-refractivity contribution < 1.29 is 13.3 Å². The van der Waals surface area contributed by atoms with Crippen molar-refractivity contribution in [3.05, 3.63) is 35.9 Å². The first-order chi connectivity index (χ1) is 9.28. The van der Waals surface area contributed by atoms with Gasteiger partial charge in [-0.3, -0.25) is 0 Å².